The summed E-state index contributed by atoms with van der Waals surface area (Å²) in [6.07, 6.45) is 1.65. The van der Waals surface area contributed by atoms with Crippen molar-refractivity contribution in [3.05, 3.63) is 47.1 Å². The number of aromatic nitrogens is 1. The Morgan fingerprint density at radius 3 is 2.72 bits per heavy atom. The summed E-state index contributed by atoms with van der Waals surface area (Å²) in [6.45, 7) is -0.238. The van der Waals surface area contributed by atoms with Gasteiger partial charge in [0.2, 0.25) is 5.91 Å². The van der Waals surface area contributed by atoms with Crippen LogP contribution < -0.4 is 15.0 Å². The normalized spacial score (nSPS) is 14.5. The van der Waals surface area contributed by atoms with Crippen LogP contribution in [0.3, 0.4) is 0 Å². The van der Waals surface area contributed by atoms with E-state index in [0.717, 1.165) is 0 Å². The fourth-order valence-corrected chi connectivity index (χ4v) is 3.25. The third kappa shape index (κ3) is 5.53. The third-order valence-corrected chi connectivity index (χ3v) is 4.67. The maximum Gasteiger partial charge on any atom is 0.387 e. The summed E-state index contributed by atoms with van der Waals surface area (Å²) < 4.78 is 28.8. The molecule has 1 aromatic heterocycles. The van der Waals surface area contributed by atoms with Crippen molar-refractivity contribution in [3.63, 3.8) is 0 Å². The molecule has 152 valence electrons. The number of benzene rings is 1. The second-order valence-corrected chi connectivity index (χ2v) is 6.73. The topological polar surface area (TPSA) is 81.5 Å². The Morgan fingerprint density at radius 1 is 1.31 bits per heavy atom. The average Bonchev–Trinajstić information content (AvgIpc) is 2.70. The lowest BCUT2D eigenvalue weighted by atomic mass is 10.2. The van der Waals surface area contributed by atoms with Crippen LogP contribution in [-0.4, -0.2) is 55.1 Å². The van der Waals surface area contributed by atoms with E-state index in [1.807, 2.05) is 9.80 Å². The first-order valence-electron chi connectivity index (χ1n) is 8.83. The van der Waals surface area contributed by atoms with Crippen LogP contribution in [0.15, 0.2) is 36.5 Å². The molecular weight excluding hydrogens is 404 g/mol. The van der Waals surface area contributed by atoms with Gasteiger partial charge in [-0.2, -0.15) is 14.0 Å². The number of piperazine rings is 1. The van der Waals surface area contributed by atoms with Gasteiger partial charge >= 0.3 is 6.61 Å². The van der Waals surface area contributed by atoms with Crippen molar-refractivity contribution in [1.29, 1.82) is 5.26 Å². The first-order valence-corrected chi connectivity index (χ1v) is 9.20. The molecule has 1 aliphatic rings. The number of amides is 1. The fourth-order valence-electron chi connectivity index (χ4n) is 3.03. The Kier molecular flexibility index (Phi) is 6.80. The van der Waals surface area contributed by atoms with E-state index in [4.69, 9.17) is 11.6 Å². The molecule has 10 heteroatoms. The Hall–Kier alpha value is -2.96. The highest BCUT2D eigenvalue weighted by Gasteiger charge is 2.21. The molecule has 0 saturated carbocycles. The summed E-state index contributed by atoms with van der Waals surface area (Å²) in [7, 11) is 0. The van der Waals surface area contributed by atoms with Crippen LogP contribution in [0.1, 0.15) is 5.56 Å². The zero-order valence-electron chi connectivity index (χ0n) is 15.3. The van der Waals surface area contributed by atoms with Gasteiger partial charge in [0.05, 0.1) is 17.1 Å². The summed E-state index contributed by atoms with van der Waals surface area (Å²) in [4.78, 5) is 20.6. The van der Waals surface area contributed by atoms with E-state index >= 15 is 0 Å². The molecule has 7 nitrogen and oxygen atoms in total. The van der Waals surface area contributed by atoms with Gasteiger partial charge in [-0.15, -0.1) is 0 Å². The van der Waals surface area contributed by atoms with E-state index in [9.17, 15) is 18.8 Å². The molecule has 1 N–H and O–H groups in total. The number of ether oxygens (including phenoxy) is 1. The van der Waals surface area contributed by atoms with Gasteiger partial charge in [0.15, 0.2) is 0 Å². The van der Waals surface area contributed by atoms with Crippen LogP contribution in [0.25, 0.3) is 0 Å². The number of pyridine rings is 1. The second kappa shape index (κ2) is 9.49. The van der Waals surface area contributed by atoms with Crippen LogP contribution in [0, 0.1) is 11.3 Å². The van der Waals surface area contributed by atoms with Gasteiger partial charge in [0.1, 0.15) is 17.6 Å². The highest BCUT2D eigenvalue weighted by Crippen LogP contribution is 2.29. The standard InChI is InChI=1S/C19H18ClF2N5O2/c20-15-10-14(3-4-16(15)29-19(21)22)25-17(28)12-26-6-8-27(9-7-26)18-13(11-23)2-1-5-24-18/h1-5,10,19H,6-9,12H2,(H,25,28). The first kappa shape index (κ1) is 20.8. The highest BCUT2D eigenvalue weighted by atomic mass is 35.5. The minimum atomic E-state index is -2.97. The average molecular weight is 422 g/mol. The Labute approximate surface area is 171 Å². The van der Waals surface area contributed by atoms with Gasteiger partial charge in [0.25, 0.3) is 0 Å². The number of nitrogens with one attached hydrogen (secondary N) is 1. The zero-order chi connectivity index (χ0) is 20.8. The van der Waals surface area contributed by atoms with Crippen LogP contribution in [0.4, 0.5) is 20.3 Å². The number of hydrogen-bond donors (Lipinski definition) is 1. The quantitative estimate of drug-likeness (QED) is 0.772. The van der Waals surface area contributed by atoms with Crippen LogP contribution >= 0.6 is 11.6 Å². The Balaban J connectivity index is 1.51. The Morgan fingerprint density at radius 2 is 2.07 bits per heavy atom. The van der Waals surface area contributed by atoms with E-state index < -0.39 is 6.61 Å². The van der Waals surface area contributed by atoms with Gasteiger partial charge in [-0.25, -0.2) is 4.98 Å². The van der Waals surface area contributed by atoms with Crippen molar-refractivity contribution in [1.82, 2.24) is 9.88 Å². The second-order valence-electron chi connectivity index (χ2n) is 6.32. The summed E-state index contributed by atoms with van der Waals surface area (Å²) >= 11 is 5.89. The summed E-state index contributed by atoms with van der Waals surface area (Å²) in [6, 6.07) is 9.68. The van der Waals surface area contributed by atoms with Crippen molar-refractivity contribution in [2.24, 2.45) is 0 Å². The molecule has 3 rings (SSSR count). The number of alkyl halides is 2. The van der Waals surface area contributed by atoms with Gasteiger partial charge in [-0.1, -0.05) is 11.6 Å². The number of halogens is 3. The molecule has 0 spiro atoms. The molecule has 1 amide bonds. The maximum atomic E-state index is 12.3. The van der Waals surface area contributed by atoms with Crippen molar-refractivity contribution in [2.45, 2.75) is 6.61 Å². The van der Waals surface area contributed by atoms with E-state index in [0.29, 0.717) is 43.2 Å². The molecule has 2 aromatic rings. The first-order chi connectivity index (χ1) is 14.0. The SMILES string of the molecule is N#Cc1cccnc1N1CCN(CC(=O)Nc2ccc(OC(F)F)c(Cl)c2)CC1. The van der Waals surface area contributed by atoms with Crippen LogP contribution in [0.5, 0.6) is 5.75 Å². The van der Waals surface area contributed by atoms with Crippen molar-refractivity contribution >= 4 is 29.0 Å². The van der Waals surface area contributed by atoms with Crippen molar-refractivity contribution in [2.75, 3.05) is 42.9 Å². The van der Waals surface area contributed by atoms with E-state index in [-0.39, 0.29) is 23.2 Å². The minimum absolute atomic E-state index is 0.0135. The molecule has 0 radical (unpaired) electrons. The number of carbonyl (C=O) groups is 1. The number of anilines is 2. The molecule has 0 bridgehead atoms. The Bertz CT molecular complexity index is 914. The van der Waals surface area contributed by atoms with Gasteiger partial charge in [-0.05, 0) is 30.3 Å². The van der Waals surface area contributed by atoms with E-state index in [2.05, 4.69) is 21.1 Å². The van der Waals surface area contributed by atoms with Crippen LogP contribution in [0.2, 0.25) is 5.02 Å². The summed E-state index contributed by atoms with van der Waals surface area (Å²) in [5, 5.41) is 11.9. The minimum Gasteiger partial charge on any atom is -0.433 e. The lowest BCUT2D eigenvalue weighted by Crippen LogP contribution is -2.49. The predicted molar refractivity (Wildman–Crippen MR) is 104 cm³/mol. The van der Waals surface area contributed by atoms with Gasteiger partial charge in [0, 0.05) is 38.1 Å². The molecular formula is C19H18ClF2N5O2. The third-order valence-electron chi connectivity index (χ3n) is 4.38. The molecule has 1 aromatic carbocycles. The lowest BCUT2D eigenvalue weighted by molar-refractivity contribution is -0.117. The highest BCUT2D eigenvalue weighted by molar-refractivity contribution is 6.32. The summed E-state index contributed by atoms with van der Waals surface area (Å²) in [5.74, 6) is 0.259. The number of nitrogens with zero attached hydrogens (tertiary/aromatic N) is 4. The number of rotatable bonds is 6. The molecule has 1 aliphatic heterocycles. The summed E-state index contributed by atoms with van der Waals surface area (Å²) in [5.41, 5.74) is 0.919. The zero-order valence-corrected chi connectivity index (χ0v) is 16.1. The molecule has 1 fully saturated rings. The number of carbonyl (C=O) groups excluding carboxylic acids is 1. The van der Waals surface area contributed by atoms with Gasteiger partial charge < -0.3 is 15.0 Å². The molecule has 0 unspecified atom stereocenters. The lowest BCUT2D eigenvalue weighted by Gasteiger charge is -2.35. The molecule has 0 aliphatic carbocycles. The molecule has 2 heterocycles. The van der Waals surface area contributed by atoms with Gasteiger partial charge in [-0.3, -0.25) is 9.69 Å². The maximum absolute atomic E-state index is 12.3. The largest absolute Gasteiger partial charge is 0.433 e. The molecule has 1 saturated heterocycles. The number of hydrogen-bond acceptors (Lipinski definition) is 6. The van der Waals surface area contributed by atoms with E-state index in [1.165, 1.54) is 18.2 Å². The smallest absolute Gasteiger partial charge is 0.387 e. The number of nitriles is 1. The van der Waals surface area contributed by atoms with E-state index in [1.54, 1.807) is 18.3 Å². The van der Waals surface area contributed by atoms with Crippen molar-refractivity contribution in [3.8, 4) is 11.8 Å². The fraction of sp³-hybridized carbons (Fsp3) is 0.316. The monoisotopic (exact) mass is 421 g/mol. The molecule has 29 heavy (non-hydrogen) atoms. The van der Waals surface area contributed by atoms with Crippen LogP contribution in [-0.2, 0) is 4.79 Å². The van der Waals surface area contributed by atoms with Crippen molar-refractivity contribution < 1.29 is 18.3 Å². The molecule has 0 atom stereocenters. The predicted octanol–water partition coefficient (Wildman–Crippen LogP) is 2.97.